The van der Waals surface area contributed by atoms with Gasteiger partial charge in [0, 0.05) is 25.2 Å². The number of carbonyl (C=O) groups excluding carboxylic acids is 3. The smallest absolute Gasteiger partial charge is 0.312 e. The number of rotatable bonds is 13. The topological polar surface area (TPSA) is 96.4 Å². The molecule has 39 heavy (non-hydrogen) atoms. The van der Waals surface area contributed by atoms with E-state index in [1.54, 1.807) is 17.9 Å². The lowest BCUT2D eigenvalue weighted by molar-refractivity contribution is -0.162. The Morgan fingerprint density at radius 3 is 2.41 bits per heavy atom. The summed E-state index contributed by atoms with van der Waals surface area (Å²) in [4.78, 5) is 45.9. The van der Waals surface area contributed by atoms with Crippen molar-refractivity contribution in [2.75, 3.05) is 26.3 Å². The lowest BCUT2D eigenvalue weighted by Gasteiger charge is -2.45. The van der Waals surface area contributed by atoms with Crippen LogP contribution in [0.1, 0.15) is 93.9 Å². The average molecular weight is 549 g/mol. The fraction of sp³-hybridized carbons (Fsp3) is 0.839. The molecule has 3 heterocycles. The van der Waals surface area contributed by atoms with Gasteiger partial charge in [-0.1, -0.05) is 46.6 Å². The van der Waals surface area contributed by atoms with Gasteiger partial charge in [0.15, 0.2) is 0 Å². The van der Waals surface area contributed by atoms with Gasteiger partial charge in [-0.2, -0.15) is 0 Å². The first-order chi connectivity index (χ1) is 18.1. The van der Waals surface area contributed by atoms with Gasteiger partial charge in [0.1, 0.15) is 17.6 Å². The van der Waals surface area contributed by atoms with Crippen molar-refractivity contribution < 1.29 is 29.0 Å². The zero-order chi connectivity index (χ0) is 29.4. The number of esters is 1. The van der Waals surface area contributed by atoms with E-state index in [-0.39, 0.29) is 36.4 Å². The number of nitrogens with zero attached hydrogens (tertiary/aromatic N) is 2. The molecule has 0 saturated carbocycles. The number of aliphatic hydroxyl groups excluding tert-OH is 1. The molecule has 3 aliphatic rings. The van der Waals surface area contributed by atoms with E-state index in [2.05, 4.69) is 41.2 Å². The number of likely N-dealkylation sites (tertiary alicyclic amines) is 1. The number of amides is 2. The van der Waals surface area contributed by atoms with Gasteiger partial charge in [0.2, 0.25) is 11.8 Å². The maximum Gasteiger partial charge on any atom is 0.312 e. The van der Waals surface area contributed by atoms with E-state index in [0.29, 0.717) is 32.4 Å². The molecule has 222 valence electrons. The predicted molar refractivity (Wildman–Crippen MR) is 151 cm³/mol. The van der Waals surface area contributed by atoms with E-state index in [4.69, 9.17) is 9.47 Å². The highest BCUT2D eigenvalue weighted by atomic mass is 16.6. The van der Waals surface area contributed by atoms with Crippen molar-refractivity contribution in [1.29, 1.82) is 0 Å². The molecule has 8 nitrogen and oxygen atoms in total. The van der Waals surface area contributed by atoms with E-state index < -0.39 is 40.6 Å². The molecule has 3 aliphatic heterocycles. The van der Waals surface area contributed by atoms with Crippen molar-refractivity contribution in [1.82, 2.24) is 9.80 Å². The van der Waals surface area contributed by atoms with Crippen LogP contribution in [0.2, 0.25) is 0 Å². The summed E-state index contributed by atoms with van der Waals surface area (Å²) in [6.07, 6.45) is 6.15. The molecule has 0 aliphatic carbocycles. The molecule has 3 fully saturated rings. The summed E-state index contributed by atoms with van der Waals surface area (Å²) in [6.45, 7) is 21.4. The Bertz CT molecular complexity index is 942. The van der Waals surface area contributed by atoms with E-state index in [0.717, 1.165) is 19.3 Å². The normalized spacial score (nSPS) is 31.9. The van der Waals surface area contributed by atoms with Crippen molar-refractivity contribution >= 4 is 17.8 Å². The van der Waals surface area contributed by atoms with Crippen LogP contribution in [0.5, 0.6) is 0 Å². The van der Waals surface area contributed by atoms with Gasteiger partial charge in [-0.15, -0.1) is 6.58 Å². The van der Waals surface area contributed by atoms with Crippen LogP contribution >= 0.6 is 0 Å². The van der Waals surface area contributed by atoms with Gasteiger partial charge in [0.25, 0.3) is 0 Å². The molecule has 3 rings (SSSR count). The zero-order valence-electron chi connectivity index (χ0n) is 25.5. The largest absolute Gasteiger partial charge is 0.466 e. The predicted octanol–water partition coefficient (Wildman–Crippen LogP) is 4.34. The van der Waals surface area contributed by atoms with Crippen molar-refractivity contribution in [3.8, 4) is 0 Å². The molecule has 3 unspecified atom stereocenters. The summed E-state index contributed by atoms with van der Waals surface area (Å²) in [7, 11) is 0. The van der Waals surface area contributed by atoms with Gasteiger partial charge in [-0.05, 0) is 64.7 Å². The van der Waals surface area contributed by atoms with E-state index >= 15 is 0 Å². The summed E-state index contributed by atoms with van der Waals surface area (Å²) in [5, 5.41) is 9.17. The van der Waals surface area contributed by atoms with Crippen LogP contribution in [0, 0.1) is 23.2 Å². The summed E-state index contributed by atoms with van der Waals surface area (Å²) >= 11 is 0. The molecular formula is C31H52N2O6. The van der Waals surface area contributed by atoms with Crippen LogP contribution in [0.25, 0.3) is 0 Å². The minimum Gasteiger partial charge on any atom is -0.466 e. The maximum absolute atomic E-state index is 14.8. The number of carbonyl (C=O) groups is 3. The quantitative estimate of drug-likeness (QED) is 0.209. The highest BCUT2D eigenvalue weighted by molar-refractivity contribution is 5.98. The van der Waals surface area contributed by atoms with Gasteiger partial charge in [-0.3, -0.25) is 14.4 Å². The van der Waals surface area contributed by atoms with E-state index in [1.807, 2.05) is 18.7 Å². The Balaban J connectivity index is 2.08. The first kappa shape index (κ1) is 31.6. The number of aliphatic hydroxyl groups is 1. The molecule has 8 heteroatoms. The van der Waals surface area contributed by atoms with Crippen molar-refractivity contribution in [3.63, 3.8) is 0 Å². The van der Waals surface area contributed by atoms with Crippen molar-refractivity contribution in [3.05, 3.63) is 12.7 Å². The highest BCUT2D eigenvalue weighted by Crippen LogP contribution is 2.65. The van der Waals surface area contributed by atoms with Crippen LogP contribution in [0.15, 0.2) is 12.7 Å². The third-order valence-corrected chi connectivity index (χ3v) is 9.17. The number of hydrogen-bond acceptors (Lipinski definition) is 6. The standard InChI is InChI=1S/C31H52N2O6/c1-10-16-33(29(7,8)20-28(4,5)6)26(36)24-31-19-21(3)30(9,39-31)23(27(37)38-11-2)22(31)25(35)32(24)17-14-12-13-15-18-34/h10,21-24,34H,1,11-20H2,2-9H3/t21?,22-,23-,24?,30+,31?/m0/s1. The van der Waals surface area contributed by atoms with Crippen LogP contribution in [-0.2, 0) is 23.9 Å². The molecule has 1 spiro atoms. The summed E-state index contributed by atoms with van der Waals surface area (Å²) in [6, 6.07) is -0.823. The Kier molecular flexibility index (Phi) is 9.33. The van der Waals surface area contributed by atoms with Crippen LogP contribution in [0.4, 0.5) is 0 Å². The third-order valence-electron chi connectivity index (χ3n) is 9.17. The van der Waals surface area contributed by atoms with E-state index in [1.165, 1.54) is 0 Å². The molecule has 0 aromatic rings. The molecule has 6 atom stereocenters. The average Bonchev–Trinajstić information content (AvgIpc) is 3.32. The van der Waals surface area contributed by atoms with Gasteiger partial charge in [0.05, 0.1) is 18.1 Å². The SMILES string of the molecule is C=CCN(C(=O)C1N(CCCCCCO)C(=O)[C@@H]2[C@@H](C(=O)OCC)[C@]3(C)OC12CC3C)C(C)(C)CC(C)(C)C. The third kappa shape index (κ3) is 5.65. The van der Waals surface area contributed by atoms with Gasteiger partial charge < -0.3 is 24.4 Å². The fourth-order valence-electron chi connectivity index (χ4n) is 7.90. The first-order valence-corrected chi connectivity index (χ1v) is 14.8. The van der Waals surface area contributed by atoms with E-state index in [9.17, 15) is 19.5 Å². The Morgan fingerprint density at radius 2 is 1.85 bits per heavy atom. The molecule has 0 aromatic carbocycles. The molecule has 2 bridgehead atoms. The van der Waals surface area contributed by atoms with Crippen LogP contribution < -0.4 is 0 Å². The summed E-state index contributed by atoms with van der Waals surface area (Å²) < 4.78 is 12.3. The highest BCUT2D eigenvalue weighted by Gasteiger charge is 2.80. The van der Waals surface area contributed by atoms with Gasteiger partial charge in [-0.25, -0.2) is 0 Å². The number of ether oxygens (including phenoxy) is 2. The molecule has 1 N–H and O–H groups in total. The van der Waals surface area contributed by atoms with Gasteiger partial charge >= 0.3 is 5.97 Å². The molecule has 3 saturated heterocycles. The Labute approximate surface area is 235 Å². The first-order valence-electron chi connectivity index (χ1n) is 14.8. The maximum atomic E-state index is 14.8. The second-order valence-electron chi connectivity index (χ2n) is 13.9. The Morgan fingerprint density at radius 1 is 1.21 bits per heavy atom. The summed E-state index contributed by atoms with van der Waals surface area (Å²) in [5.41, 5.74) is -2.48. The molecule has 2 amide bonds. The zero-order valence-corrected chi connectivity index (χ0v) is 25.5. The van der Waals surface area contributed by atoms with Crippen LogP contribution in [-0.4, -0.2) is 81.8 Å². The number of fused-ring (bicyclic) bond motifs is 1. The second kappa shape index (κ2) is 11.5. The minimum atomic E-state index is -1.08. The second-order valence-corrected chi connectivity index (χ2v) is 13.9. The summed E-state index contributed by atoms with van der Waals surface area (Å²) in [5.74, 6) is -2.27. The fourth-order valence-corrected chi connectivity index (χ4v) is 7.90. The Hall–Kier alpha value is -1.93. The number of unbranched alkanes of at least 4 members (excludes halogenated alkanes) is 3. The minimum absolute atomic E-state index is 0.0220. The molecule has 0 radical (unpaired) electrons. The lowest BCUT2D eigenvalue weighted by atomic mass is 9.62. The van der Waals surface area contributed by atoms with Crippen LogP contribution in [0.3, 0.4) is 0 Å². The lowest BCUT2D eigenvalue weighted by Crippen LogP contribution is -2.61. The number of hydrogen-bond donors (Lipinski definition) is 1. The van der Waals surface area contributed by atoms with Crippen molar-refractivity contribution in [2.24, 2.45) is 23.2 Å². The molecule has 0 aromatic heterocycles. The monoisotopic (exact) mass is 548 g/mol. The molecular weight excluding hydrogens is 496 g/mol. The van der Waals surface area contributed by atoms with Crippen molar-refractivity contribution in [2.45, 2.75) is 117 Å².